The summed E-state index contributed by atoms with van der Waals surface area (Å²) in [5, 5.41) is 17.8. The maximum Gasteiger partial charge on any atom is 0.416 e. The van der Waals surface area contributed by atoms with E-state index in [2.05, 4.69) is 10.2 Å². The quantitative estimate of drug-likeness (QED) is 0.304. The third kappa shape index (κ3) is 4.95. The number of alkyl halides is 3. The van der Waals surface area contributed by atoms with Gasteiger partial charge in [0.15, 0.2) is 16.8 Å². The molecule has 0 radical (unpaired) electrons. The molecule has 11 heteroatoms. The summed E-state index contributed by atoms with van der Waals surface area (Å²) in [5.74, 6) is -0.539. The lowest BCUT2D eigenvalue weighted by Gasteiger charge is -2.13. The predicted molar refractivity (Wildman–Crippen MR) is 115 cm³/mol. The van der Waals surface area contributed by atoms with E-state index in [-0.39, 0.29) is 33.7 Å². The lowest BCUT2D eigenvalue weighted by molar-refractivity contribution is -0.137. The van der Waals surface area contributed by atoms with Crippen molar-refractivity contribution in [2.45, 2.75) is 18.3 Å². The molecule has 6 nitrogen and oxygen atoms in total. The van der Waals surface area contributed by atoms with E-state index < -0.39 is 17.5 Å². The lowest BCUT2D eigenvalue weighted by Crippen LogP contribution is -2.11. The van der Waals surface area contributed by atoms with E-state index in [9.17, 15) is 18.0 Å². The fraction of sp³-hybridized carbons (Fsp3) is 0.143. The number of Topliss-reactive ketones (excluding diaryl/α,β-unsaturated/α-hetero) is 1. The van der Waals surface area contributed by atoms with Crippen LogP contribution in [0.15, 0.2) is 65.0 Å². The molecule has 32 heavy (non-hydrogen) atoms. The van der Waals surface area contributed by atoms with Crippen molar-refractivity contribution < 1.29 is 18.0 Å². The highest BCUT2D eigenvalue weighted by Crippen LogP contribution is 2.35. The number of benzene rings is 2. The molecule has 0 spiro atoms. The van der Waals surface area contributed by atoms with Crippen molar-refractivity contribution in [3.8, 4) is 23.1 Å². The fourth-order valence-electron chi connectivity index (χ4n) is 2.81. The first-order valence-electron chi connectivity index (χ1n) is 9.04. The first kappa shape index (κ1) is 23.4. The number of hydrogen-bond donors (Lipinski definition) is 1. The van der Waals surface area contributed by atoms with Crippen LogP contribution in [0.4, 0.5) is 13.2 Å². The van der Waals surface area contributed by atoms with Gasteiger partial charge < -0.3 is 5.73 Å². The van der Waals surface area contributed by atoms with Gasteiger partial charge in [0.1, 0.15) is 11.6 Å². The van der Waals surface area contributed by atoms with Gasteiger partial charge in [0.2, 0.25) is 0 Å². The van der Waals surface area contributed by atoms with Crippen molar-refractivity contribution in [2.75, 3.05) is 5.75 Å². The molecule has 0 saturated heterocycles. The molecule has 1 aromatic heterocycles. The Balaban J connectivity index is 2.10. The van der Waals surface area contributed by atoms with Crippen molar-refractivity contribution in [3.05, 3.63) is 70.4 Å². The maximum atomic E-state index is 13.3. The average molecular weight is 478 g/mol. The number of halogens is 4. The summed E-state index contributed by atoms with van der Waals surface area (Å²) in [7, 11) is 0. The molecule has 0 aliphatic heterocycles. The summed E-state index contributed by atoms with van der Waals surface area (Å²) >= 11 is 7.20. The van der Waals surface area contributed by atoms with Crippen molar-refractivity contribution in [1.29, 1.82) is 5.26 Å². The SMILES string of the molecule is C/C(N)=C(/C#N)C(=O)CSc1nnc(-c2ccccc2Cl)n1-c1cccc(C(F)(F)F)c1. The standard InChI is InChI=1S/C21H15ClF3N5OS/c1-12(27)16(10-26)18(31)11-32-20-29-28-19(15-7-2-3-8-17(15)22)30(20)14-6-4-5-13(9-14)21(23,24)25/h2-9H,11,27H2,1H3/b16-12+. The Morgan fingerprint density at radius 3 is 2.56 bits per heavy atom. The van der Waals surface area contributed by atoms with Gasteiger partial charge in [0.25, 0.3) is 0 Å². The number of nitrogens with zero attached hydrogens (tertiary/aromatic N) is 4. The van der Waals surface area contributed by atoms with E-state index >= 15 is 0 Å². The molecule has 0 aliphatic carbocycles. The number of carbonyl (C=O) groups is 1. The van der Waals surface area contributed by atoms with E-state index in [1.807, 2.05) is 0 Å². The highest BCUT2D eigenvalue weighted by Gasteiger charge is 2.31. The molecule has 0 bridgehead atoms. The molecular weight excluding hydrogens is 463 g/mol. The van der Waals surface area contributed by atoms with Crippen LogP contribution in [0.3, 0.4) is 0 Å². The summed E-state index contributed by atoms with van der Waals surface area (Å²) in [6.45, 7) is 1.43. The van der Waals surface area contributed by atoms with Crippen LogP contribution < -0.4 is 5.73 Å². The summed E-state index contributed by atoms with van der Waals surface area (Å²) in [4.78, 5) is 12.3. The smallest absolute Gasteiger partial charge is 0.401 e. The number of ketones is 1. The molecule has 3 aromatic rings. The molecule has 0 unspecified atom stereocenters. The van der Waals surface area contributed by atoms with Gasteiger partial charge in [-0.1, -0.05) is 41.6 Å². The zero-order valence-electron chi connectivity index (χ0n) is 16.5. The Morgan fingerprint density at radius 2 is 1.94 bits per heavy atom. The van der Waals surface area contributed by atoms with Gasteiger partial charge in [-0.05, 0) is 37.3 Å². The van der Waals surface area contributed by atoms with E-state index in [1.54, 1.807) is 30.3 Å². The summed E-state index contributed by atoms with van der Waals surface area (Å²) in [6, 6.07) is 13.1. The van der Waals surface area contributed by atoms with Gasteiger partial charge in [-0.2, -0.15) is 18.4 Å². The molecule has 2 N–H and O–H groups in total. The third-order valence-electron chi connectivity index (χ3n) is 4.30. The van der Waals surface area contributed by atoms with Crippen molar-refractivity contribution in [3.63, 3.8) is 0 Å². The highest BCUT2D eigenvalue weighted by atomic mass is 35.5. The largest absolute Gasteiger partial charge is 0.416 e. The number of aromatic nitrogens is 3. The third-order valence-corrected chi connectivity index (χ3v) is 5.56. The number of rotatable bonds is 6. The van der Waals surface area contributed by atoms with Gasteiger partial charge in [-0.3, -0.25) is 9.36 Å². The van der Waals surface area contributed by atoms with Crippen LogP contribution >= 0.6 is 23.4 Å². The van der Waals surface area contributed by atoms with E-state index in [0.717, 1.165) is 23.9 Å². The van der Waals surface area contributed by atoms with Gasteiger partial charge in [-0.15, -0.1) is 10.2 Å². The predicted octanol–water partition coefficient (Wildman–Crippen LogP) is 5.02. The van der Waals surface area contributed by atoms with Crippen molar-refractivity contribution in [1.82, 2.24) is 14.8 Å². The Bertz CT molecular complexity index is 1240. The molecule has 0 fully saturated rings. The van der Waals surface area contributed by atoms with Crippen LogP contribution in [0.2, 0.25) is 5.02 Å². The van der Waals surface area contributed by atoms with Crippen LogP contribution in [-0.4, -0.2) is 26.3 Å². The number of thioether (sulfide) groups is 1. The van der Waals surface area contributed by atoms with Gasteiger partial charge in [0, 0.05) is 11.3 Å². The van der Waals surface area contributed by atoms with Crippen LogP contribution in [0.25, 0.3) is 17.1 Å². The topological polar surface area (TPSA) is 97.6 Å². The molecule has 0 saturated carbocycles. The van der Waals surface area contributed by atoms with Gasteiger partial charge in [0.05, 0.1) is 22.0 Å². The average Bonchev–Trinajstić information content (AvgIpc) is 3.16. The molecule has 1 heterocycles. The molecule has 0 amide bonds. The molecule has 3 rings (SSSR count). The van der Waals surface area contributed by atoms with Crippen molar-refractivity contribution >= 4 is 29.1 Å². The molecule has 164 valence electrons. The van der Waals surface area contributed by atoms with Gasteiger partial charge in [-0.25, -0.2) is 0 Å². The summed E-state index contributed by atoms with van der Waals surface area (Å²) in [6.07, 6.45) is -4.55. The summed E-state index contributed by atoms with van der Waals surface area (Å²) in [5.41, 5.74) is 5.20. The zero-order chi connectivity index (χ0) is 23.5. The Hall–Kier alpha value is -3.29. The number of hydrogen-bond acceptors (Lipinski definition) is 6. The summed E-state index contributed by atoms with van der Waals surface area (Å²) < 4.78 is 41.3. The Morgan fingerprint density at radius 1 is 1.22 bits per heavy atom. The number of nitriles is 1. The van der Waals surface area contributed by atoms with Crippen molar-refractivity contribution in [2.24, 2.45) is 5.73 Å². The number of allylic oxidation sites excluding steroid dienone is 2. The van der Waals surface area contributed by atoms with Crippen LogP contribution in [0.1, 0.15) is 12.5 Å². The first-order valence-corrected chi connectivity index (χ1v) is 10.4. The van der Waals surface area contributed by atoms with Gasteiger partial charge >= 0.3 is 6.18 Å². The monoisotopic (exact) mass is 477 g/mol. The lowest BCUT2D eigenvalue weighted by atomic mass is 10.1. The number of nitrogens with two attached hydrogens (primary N) is 1. The van der Waals surface area contributed by atoms with E-state index in [1.165, 1.54) is 23.6 Å². The van der Waals surface area contributed by atoms with Crippen LogP contribution in [-0.2, 0) is 11.0 Å². The minimum Gasteiger partial charge on any atom is -0.401 e. The van der Waals surface area contributed by atoms with Crippen LogP contribution in [0, 0.1) is 11.3 Å². The zero-order valence-corrected chi connectivity index (χ0v) is 18.1. The highest BCUT2D eigenvalue weighted by molar-refractivity contribution is 7.99. The maximum absolute atomic E-state index is 13.3. The Labute approximate surface area is 190 Å². The second-order valence-corrected chi connectivity index (χ2v) is 7.90. The number of carbonyl (C=O) groups excluding carboxylic acids is 1. The van der Waals surface area contributed by atoms with Crippen LogP contribution in [0.5, 0.6) is 0 Å². The molecule has 0 atom stereocenters. The van der Waals surface area contributed by atoms with E-state index in [4.69, 9.17) is 22.6 Å². The first-order chi connectivity index (χ1) is 15.1. The normalized spacial score (nSPS) is 12.2. The fourth-order valence-corrected chi connectivity index (χ4v) is 3.85. The minimum absolute atomic E-state index is 0.0780. The Kier molecular flexibility index (Phi) is 6.91. The molecular formula is C21H15ClF3N5OS. The second-order valence-electron chi connectivity index (χ2n) is 6.55. The van der Waals surface area contributed by atoms with E-state index in [0.29, 0.717) is 10.6 Å². The molecule has 2 aromatic carbocycles. The molecule has 0 aliphatic rings. The minimum atomic E-state index is -4.55. The second kappa shape index (κ2) is 9.46.